The molecule has 0 saturated carbocycles. The molecule has 4 nitrogen and oxygen atoms in total. The van der Waals surface area contributed by atoms with Crippen LogP contribution in [0, 0.1) is 0 Å². The number of methoxy groups -OCH3 is 1. The summed E-state index contributed by atoms with van der Waals surface area (Å²) in [6, 6.07) is 1.85. The van der Waals surface area contributed by atoms with E-state index in [4.69, 9.17) is 9.47 Å². The molecule has 2 heterocycles. The van der Waals surface area contributed by atoms with Crippen LogP contribution in [0.2, 0.25) is 0 Å². The van der Waals surface area contributed by atoms with Gasteiger partial charge in [0.2, 0.25) is 5.88 Å². The van der Waals surface area contributed by atoms with Gasteiger partial charge in [-0.1, -0.05) is 0 Å². The maximum absolute atomic E-state index is 11.1. The van der Waals surface area contributed by atoms with Crippen LogP contribution in [0.4, 0.5) is 0 Å². The summed E-state index contributed by atoms with van der Waals surface area (Å²) >= 11 is 3.33. The van der Waals surface area contributed by atoms with E-state index in [-0.39, 0.29) is 0 Å². The van der Waals surface area contributed by atoms with Gasteiger partial charge >= 0.3 is 0 Å². The number of aromatic nitrogens is 1. The Morgan fingerprint density at radius 3 is 2.87 bits per heavy atom. The number of carbonyl (C=O) groups excluding carboxylic acids is 1. The van der Waals surface area contributed by atoms with Gasteiger partial charge in [0.1, 0.15) is 11.7 Å². The Morgan fingerprint density at radius 1 is 1.67 bits per heavy atom. The van der Waals surface area contributed by atoms with Crippen LogP contribution in [-0.4, -0.2) is 31.6 Å². The van der Waals surface area contributed by atoms with Gasteiger partial charge in [0.15, 0.2) is 0 Å². The normalized spacial score (nSPS) is 18.0. The van der Waals surface area contributed by atoms with Crippen LogP contribution < -0.4 is 4.74 Å². The molecular formula is C10H10BrNO3. The maximum atomic E-state index is 11.1. The molecule has 0 amide bonds. The Labute approximate surface area is 95.7 Å². The molecule has 0 radical (unpaired) electrons. The van der Waals surface area contributed by atoms with Gasteiger partial charge in [0, 0.05) is 16.2 Å². The Bertz CT molecular complexity index is 390. The van der Waals surface area contributed by atoms with E-state index in [9.17, 15) is 4.79 Å². The zero-order valence-electron chi connectivity index (χ0n) is 8.20. The summed E-state index contributed by atoms with van der Waals surface area (Å²) in [6.07, 6.45) is 2.54. The van der Waals surface area contributed by atoms with Gasteiger partial charge in [-0.3, -0.25) is 0 Å². The van der Waals surface area contributed by atoms with E-state index in [1.807, 2.05) is 6.07 Å². The van der Waals surface area contributed by atoms with Crippen LogP contribution in [0.5, 0.6) is 5.88 Å². The number of hydrogen-bond acceptors (Lipinski definition) is 4. The van der Waals surface area contributed by atoms with Crippen molar-refractivity contribution < 1.29 is 14.3 Å². The zero-order valence-corrected chi connectivity index (χ0v) is 9.78. The minimum atomic E-state index is -0.581. The summed E-state index contributed by atoms with van der Waals surface area (Å²) < 4.78 is 11.1. The summed E-state index contributed by atoms with van der Waals surface area (Å²) in [5.74, 6) is 0.480. The zero-order chi connectivity index (χ0) is 10.9. The van der Waals surface area contributed by atoms with E-state index in [0.29, 0.717) is 19.1 Å². The minimum Gasteiger partial charge on any atom is -0.481 e. The third-order valence-corrected chi connectivity index (χ3v) is 2.93. The van der Waals surface area contributed by atoms with Crippen molar-refractivity contribution in [3.05, 3.63) is 22.3 Å². The van der Waals surface area contributed by atoms with E-state index in [1.54, 1.807) is 6.20 Å². The first-order valence-electron chi connectivity index (χ1n) is 4.46. The van der Waals surface area contributed by atoms with Crippen molar-refractivity contribution >= 4 is 22.2 Å². The Kier molecular flexibility index (Phi) is 2.75. The quantitative estimate of drug-likeness (QED) is 0.779. The number of halogens is 1. The molecule has 0 spiro atoms. The molecule has 5 heteroatoms. The summed E-state index contributed by atoms with van der Waals surface area (Å²) in [6.45, 7) is 0.788. The molecule has 15 heavy (non-hydrogen) atoms. The number of nitrogens with zero attached hydrogens (tertiary/aromatic N) is 1. The van der Waals surface area contributed by atoms with Crippen LogP contribution in [0.3, 0.4) is 0 Å². The fourth-order valence-corrected chi connectivity index (χ4v) is 1.89. The van der Waals surface area contributed by atoms with E-state index >= 15 is 0 Å². The third-order valence-electron chi connectivity index (χ3n) is 2.49. The SMILES string of the molecule is COc1ncc(Br)cc1C1(C=O)COC1. The Balaban J connectivity index is 2.49. The molecule has 1 aromatic heterocycles. The van der Waals surface area contributed by atoms with E-state index in [1.165, 1.54) is 7.11 Å². The molecule has 0 aliphatic carbocycles. The smallest absolute Gasteiger partial charge is 0.217 e. The van der Waals surface area contributed by atoms with Crippen molar-refractivity contribution in [2.24, 2.45) is 0 Å². The highest BCUT2D eigenvalue weighted by molar-refractivity contribution is 9.10. The van der Waals surface area contributed by atoms with Crippen molar-refractivity contribution in [1.29, 1.82) is 0 Å². The Morgan fingerprint density at radius 2 is 2.40 bits per heavy atom. The molecule has 2 rings (SSSR count). The van der Waals surface area contributed by atoms with Crippen molar-refractivity contribution in [2.45, 2.75) is 5.41 Å². The second-order valence-electron chi connectivity index (χ2n) is 3.48. The van der Waals surface area contributed by atoms with Crippen molar-refractivity contribution in [3.63, 3.8) is 0 Å². The predicted octanol–water partition coefficient (Wildman–Crippen LogP) is 1.32. The van der Waals surface area contributed by atoms with Gasteiger partial charge in [-0.05, 0) is 22.0 Å². The highest BCUT2D eigenvalue weighted by Gasteiger charge is 2.43. The summed E-state index contributed by atoms with van der Waals surface area (Å²) in [4.78, 5) is 15.2. The standard InChI is InChI=1S/C10H10BrNO3/c1-14-9-8(2-7(11)3-12-9)10(4-13)5-15-6-10/h2-4H,5-6H2,1H3. The minimum absolute atomic E-state index is 0.394. The number of aldehydes is 1. The highest BCUT2D eigenvalue weighted by Crippen LogP contribution is 2.36. The molecule has 1 fully saturated rings. The number of hydrogen-bond donors (Lipinski definition) is 0. The molecule has 1 aliphatic rings. The number of ether oxygens (including phenoxy) is 2. The lowest BCUT2D eigenvalue weighted by atomic mass is 9.80. The Hall–Kier alpha value is -0.940. The van der Waals surface area contributed by atoms with Crippen LogP contribution in [0.15, 0.2) is 16.7 Å². The molecule has 1 aromatic rings. The van der Waals surface area contributed by atoms with Crippen molar-refractivity contribution in [1.82, 2.24) is 4.98 Å². The van der Waals surface area contributed by atoms with Crippen molar-refractivity contribution in [2.75, 3.05) is 20.3 Å². The fourth-order valence-electron chi connectivity index (χ4n) is 1.56. The van der Waals surface area contributed by atoms with Gasteiger partial charge < -0.3 is 14.3 Å². The largest absolute Gasteiger partial charge is 0.481 e. The highest BCUT2D eigenvalue weighted by atomic mass is 79.9. The summed E-state index contributed by atoms with van der Waals surface area (Å²) in [5, 5.41) is 0. The number of rotatable bonds is 3. The number of pyridine rings is 1. The van der Waals surface area contributed by atoms with Crippen LogP contribution in [0.1, 0.15) is 5.56 Å². The van der Waals surface area contributed by atoms with E-state index in [2.05, 4.69) is 20.9 Å². The van der Waals surface area contributed by atoms with Crippen LogP contribution in [-0.2, 0) is 14.9 Å². The second kappa shape index (κ2) is 3.90. The predicted molar refractivity (Wildman–Crippen MR) is 57.1 cm³/mol. The fraction of sp³-hybridized carbons (Fsp3) is 0.400. The van der Waals surface area contributed by atoms with E-state index < -0.39 is 5.41 Å². The molecule has 1 saturated heterocycles. The second-order valence-corrected chi connectivity index (χ2v) is 4.39. The van der Waals surface area contributed by atoms with Crippen LogP contribution >= 0.6 is 15.9 Å². The first-order chi connectivity index (χ1) is 7.22. The monoisotopic (exact) mass is 271 g/mol. The lowest BCUT2D eigenvalue weighted by Crippen LogP contribution is -2.48. The van der Waals surface area contributed by atoms with Gasteiger partial charge in [-0.25, -0.2) is 4.98 Å². The molecule has 0 bridgehead atoms. The molecule has 0 N–H and O–H groups in total. The van der Waals surface area contributed by atoms with Gasteiger partial charge in [0.05, 0.1) is 20.3 Å². The third kappa shape index (κ3) is 1.66. The molecular weight excluding hydrogens is 262 g/mol. The van der Waals surface area contributed by atoms with Gasteiger partial charge in [0.25, 0.3) is 0 Å². The van der Waals surface area contributed by atoms with Crippen LogP contribution in [0.25, 0.3) is 0 Å². The van der Waals surface area contributed by atoms with Gasteiger partial charge in [-0.2, -0.15) is 0 Å². The molecule has 0 atom stereocenters. The summed E-state index contributed by atoms with van der Waals surface area (Å²) in [7, 11) is 1.54. The summed E-state index contributed by atoms with van der Waals surface area (Å²) in [5.41, 5.74) is 0.197. The molecule has 0 unspecified atom stereocenters. The van der Waals surface area contributed by atoms with Crippen molar-refractivity contribution in [3.8, 4) is 5.88 Å². The number of carbonyl (C=O) groups is 1. The molecule has 0 aromatic carbocycles. The van der Waals surface area contributed by atoms with E-state index in [0.717, 1.165) is 16.3 Å². The average Bonchev–Trinajstić information content (AvgIpc) is 2.17. The molecule has 80 valence electrons. The molecule has 1 aliphatic heterocycles. The first-order valence-corrected chi connectivity index (χ1v) is 5.25. The lowest BCUT2D eigenvalue weighted by molar-refractivity contribution is -0.130. The first kappa shape index (κ1) is 10.6. The average molecular weight is 272 g/mol. The maximum Gasteiger partial charge on any atom is 0.217 e. The lowest BCUT2D eigenvalue weighted by Gasteiger charge is -2.37. The topological polar surface area (TPSA) is 48.4 Å². The van der Waals surface area contributed by atoms with Gasteiger partial charge in [-0.15, -0.1) is 0 Å².